The third kappa shape index (κ3) is 1.50. The Morgan fingerprint density at radius 3 is 2.82 bits per heavy atom. The maximum absolute atomic E-state index is 5.45. The number of hydrogen-bond donors (Lipinski definition) is 1. The van der Waals surface area contributed by atoms with Crippen LogP contribution in [0.3, 0.4) is 0 Å². The summed E-state index contributed by atoms with van der Waals surface area (Å²) in [5.41, 5.74) is 5.45. The van der Waals surface area contributed by atoms with Gasteiger partial charge in [0.05, 0.1) is 0 Å². The van der Waals surface area contributed by atoms with Gasteiger partial charge in [0.15, 0.2) is 0 Å². The molecule has 2 rings (SSSR count). The van der Waals surface area contributed by atoms with E-state index in [0.29, 0.717) is 5.13 Å². The highest BCUT2D eigenvalue weighted by molar-refractivity contribution is 7.15. The third-order valence-electron chi connectivity index (χ3n) is 2.20. The van der Waals surface area contributed by atoms with Crippen molar-refractivity contribution in [2.75, 3.05) is 5.73 Å². The van der Waals surface area contributed by atoms with Crippen LogP contribution in [-0.2, 0) is 6.42 Å². The Hall–Kier alpha value is -0.640. The average molecular weight is 169 g/mol. The quantitative estimate of drug-likeness (QED) is 0.726. The number of nitrogens with two attached hydrogens (primary N) is 1. The van der Waals surface area contributed by atoms with E-state index in [1.165, 1.54) is 17.8 Å². The van der Waals surface area contributed by atoms with E-state index in [-0.39, 0.29) is 0 Å². The van der Waals surface area contributed by atoms with Crippen LogP contribution < -0.4 is 5.73 Å². The summed E-state index contributed by atoms with van der Waals surface area (Å²) in [4.78, 5) is 0. The van der Waals surface area contributed by atoms with Crippen molar-refractivity contribution < 1.29 is 0 Å². The molecule has 0 radical (unpaired) electrons. The zero-order valence-corrected chi connectivity index (χ0v) is 7.27. The van der Waals surface area contributed by atoms with Crippen LogP contribution in [0, 0.1) is 11.8 Å². The fourth-order valence-electron chi connectivity index (χ4n) is 1.26. The summed E-state index contributed by atoms with van der Waals surface area (Å²) in [5, 5.41) is 9.43. The molecule has 11 heavy (non-hydrogen) atoms. The molecule has 2 unspecified atom stereocenters. The van der Waals surface area contributed by atoms with E-state index >= 15 is 0 Å². The molecule has 1 fully saturated rings. The van der Waals surface area contributed by atoms with E-state index in [1.807, 2.05) is 0 Å². The van der Waals surface area contributed by atoms with Gasteiger partial charge >= 0.3 is 0 Å². The lowest BCUT2D eigenvalue weighted by Crippen LogP contribution is -1.87. The summed E-state index contributed by atoms with van der Waals surface area (Å²) >= 11 is 1.51. The van der Waals surface area contributed by atoms with Crippen molar-refractivity contribution in [3.05, 3.63) is 5.01 Å². The minimum atomic E-state index is 0.591. The van der Waals surface area contributed by atoms with Crippen molar-refractivity contribution in [2.24, 2.45) is 11.8 Å². The molecule has 1 aromatic heterocycles. The molecule has 1 aliphatic carbocycles. The summed E-state index contributed by atoms with van der Waals surface area (Å²) in [5.74, 6) is 1.74. The van der Waals surface area contributed by atoms with Gasteiger partial charge in [-0.05, 0) is 18.3 Å². The highest BCUT2D eigenvalue weighted by Crippen LogP contribution is 2.40. The molecule has 2 N–H and O–H groups in total. The molecule has 0 aromatic carbocycles. The van der Waals surface area contributed by atoms with E-state index in [4.69, 9.17) is 5.73 Å². The van der Waals surface area contributed by atoms with Crippen LogP contribution in [0.15, 0.2) is 0 Å². The Labute approximate surface area is 69.6 Å². The minimum Gasteiger partial charge on any atom is -0.374 e. The number of rotatable bonds is 2. The van der Waals surface area contributed by atoms with Gasteiger partial charge in [-0.15, -0.1) is 10.2 Å². The molecule has 2 atom stereocenters. The predicted octanol–water partition coefficient (Wildman–Crippen LogP) is 1.32. The van der Waals surface area contributed by atoms with E-state index in [0.717, 1.165) is 23.3 Å². The largest absolute Gasteiger partial charge is 0.374 e. The Morgan fingerprint density at radius 1 is 1.64 bits per heavy atom. The third-order valence-corrected chi connectivity index (χ3v) is 2.97. The molecule has 4 heteroatoms. The zero-order chi connectivity index (χ0) is 7.84. The Morgan fingerprint density at radius 2 is 2.36 bits per heavy atom. The molecule has 1 aliphatic rings. The zero-order valence-electron chi connectivity index (χ0n) is 6.45. The molecular formula is C7H11N3S. The predicted molar refractivity (Wildman–Crippen MR) is 45.3 cm³/mol. The summed E-state index contributed by atoms with van der Waals surface area (Å²) < 4.78 is 0. The monoisotopic (exact) mass is 169 g/mol. The van der Waals surface area contributed by atoms with Crippen molar-refractivity contribution in [3.8, 4) is 0 Å². The number of anilines is 1. The average Bonchev–Trinajstić information content (AvgIpc) is 2.42. The van der Waals surface area contributed by atoms with Crippen molar-refractivity contribution >= 4 is 16.5 Å². The fourth-order valence-corrected chi connectivity index (χ4v) is 1.96. The van der Waals surface area contributed by atoms with Crippen molar-refractivity contribution in [1.82, 2.24) is 10.2 Å². The van der Waals surface area contributed by atoms with Crippen LogP contribution in [-0.4, -0.2) is 10.2 Å². The lowest BCUT2D eigenvalue weighted by atomic mass is 10.2. The smallest absolute Gasteiger partial charge is 0.203 e. The summed E-state index contributed by atoms with van der Waals surface area (Å²) in [6.45, 7) is 2.27. The molecule has 1 saturated carbocycles. The van der Waals surface area contributed by atoms with Crippen LogP contribution in [0.25, 0.3) is 0 Å². The van der Waals surface area contributed by atoms with Gasteiger partial charge in [0.25, 0.3) is 0 Å². The second-order valence-electron chi connectivity index (χ2n) is 3.21. The molecular weight excluding hydrogens is 158 g/mol. The molecule has 0 spiro atoms. The molecule has 0 bridgehead atoms. The van der Waals surface area contributed by atoms with Crippen LogP contribution in [0.4, 0.5) is 5.13 Å². The van der Waals surface area contributed by atoms with E-state index in [9.17, 15) is 0 Å². The first kappa shape index (κ1) is 7.03. The lowest BCUT2D eigenvalue weighted by molar-refractivity contribution is 0.735. The van der Waals surface area contributed by atoms with Crippen molar-refractivity contribution in [2.45, 2.75) is 19.8 Å². The van der Waals surface area contributed by atoms with Gasteiger partial charge in [-0.3, -0.25) is 0 Å². The van der Waals surface area contributed by atoms with Crippen molar-refractivity contribution in [1.29, 1.82) is 0 Å². The topological polar surface area (TPSA) is 51.8 Å². The fraction of sp³-hybridized carbons (Fsp3) is 0.714. The molecule has 0 aliphatic heterocycles. The van der Waals surface area contributed by atoms with E-state index < -0.39 is 0 Å². The first-order valence-electron chi connectivity index (χ1n) is 3.83. The molecule has 60 valence electrons. The van der Waals surface area contributed by atoms with Gasteiger partial charge in [-0.25, -0.2) is 0 Å². The standard InChI is InChI=1S/C7H11N3S/c1-4-2-5(4)3-6-9-10-7(8)11-6/h4-5H,2-3H2,1H3,(H2,8,10). The molecule has 3 nitrogen and oxygen atoms in total. The van der Waals surface area contributed by atoms with Crippen LogP contribution >= 0.6 is 11.3 Å². The Kier molecular flexibility index (Phi) is 1.56. The number of nitrogen functional groups attached to an aromatic ring is 1. The van der Waals surface area contributed by atoms with Crippen LogP contribution in [0.1, 0.15) is 18.4 Å². The first-order valence-corrected chi connectivity index (χ1v) is 4.65. The second-order valence-corrected chi connectivity index (χ2v) is 4.30. The second kappa shape index (κ2) is 2.44. The lowest BCUT2D eigenvalue weighted by Gasteiger charge is -1.88. The minimum absolute atomic E-state index is 0.591. The summed E-state index contributed by atoms with van der Waals surface area (Å²) in [7, 11) is 0. The normalized spacial score (nSPS) is 28.8. The van der Waals surface area contributed by atoms with E-state index in [1.54, 1.807) is 0 Å². The SMILES string of the molecule is CC1CC1Cc1nnc(N)s1. The van der Waals surface area contributed by atoms with Gasteiger partial charge in [-0.1, -0.05) is 18.3 Å². The van der Waals surface area contributed by atoms with Gasteiger partial charge in [0.2, 0.25) is 5.13 Å². The first-order chi connectivity index (χ1) is 5.25. The molecule has 0 saturated heterocycles. The Balaban J connectivity index is 1.96. The molecule has 1 heterocycles. The maximum atomic E-state index is 5.45. The number of hydrogen-bond acceptors (Lipinski definition) is 4. The number of nitrogens with zero attached hydrogens (tertiary/aromatic N) is 2. The highest BCUT2D eigenvalue weighted by Gasteiger charge is 2.33. The highest BCUT2D eigenvalue weighted by atomic mass is 32.1. The van der Waals surface area contributed by atoms with Gasteiger partial charge in [0, 0.05) is 6.42 Å². The van der Waals surface area contributed by atoms with Crippen LogP contribution in [0.2, 0.25) is 0 Å². The Bertz CT molecular complexity index is 258. The van der Waals surface area contributed by atoms with Gasteiger partial charge < -0.3 is 5.73 Å². The summed E-state index contributed by atoms with van der Waals surface area (Å²) in [6, 6.07) is 0. The number of aromatic nitrogens is 2. The van der Waals surface area contributed by atoms with Gasteiger partial charge in [0.1, 0.15) is 5.01 Å². The molecule has 1 aromatic rings. The maximum Gasteiger partial charge on any atom is 0.203 e. The van der Waals surface area contributed by atoms with Crippen LogP contribution in [0.5, 0.6) is 0 Å². The van der Waals surface area contributed by atoms with Gasteiger partial charge in [-0.2, -0.15) is 0 Å². The van der Waals surface area contributed by atoms with E-state index in [2.05, 4.69) is 17.1 Å². The van der Waals surface area contributed by atoms with Crippen molar-refractivity contribution in [3.63, 3.8) is 0 Å². The summed E-state index contributed by atoms with van der Waals surface area (Å²) in [6.07, 6.45) is 2.43. The molecule has 0 amide bonds.